The van der Waals surface area contributed by atoms with Crippen LogP contribution in [0.25, 0.3) is 4.96 Å². The first-order valence-electron chi connectivity index (χ1n) is 8.86. The van der Waals surface area contributed by atoms with Crippen molar-refractivity contribution in [3.8, 4) is 0 Å². The molecular weight excluding hydrogens is 406 g/mol. The van der Waals surface area contributed by atoms with Crippen molar-refractivity contribution in [3.63, 3.8) is 0 Å². The number of rotatable bonds is 6. The molecule has 0 aliphatic heterocycles. The monoisotopic (exact) mass is 425 g/mol. The predicted molar refractivity (Wildman–Crippen MR) is 118 cm³/mol. The number of hydrogen-bond donors (Lipinski definition) is 2. The molecule has 0 radical (unpaired) electrons. The van der Waals surface area contributed by atoms with Crippen molar-refractivity contribution in [1.29, 1.82) is 0 Å². The second-order valence-corrected chi connectivity index (χ2v) is 8.32. The highest BCUT2D eigenvalue weighted by Crippen LogP contribution is 2.19. The molecule has 4 aromatic rings. The van der Waals surface area contributed by atoms with E-state index in [1.807, 2.05) is 43.5 Å². The average molecular weight is 426 g/mol. The zero-order valence-electron chi connectivity index (χ0n) is 15.9. The largest absolute Gasteiger partial charge is 0.368 e. The van der Waals surface area contributed by atoms with E-state index in [0.29, 0.717) is 28.2 Å². The minimum absolute atomic E-state index is 0.0571. The molecule has 0 bridgehead atoms. The number of thioether (sulfide) groups is 1. The normalized spacial score (nSPS) is 11.1. The van der Waals surface area contributed by atoms with E-state index in [0.717, 1.165) is 17.1 Å². The number of anilines is 3. The molecule has 0 atom stereocenters. The predicted octanol–water partition coefficient (Wildman–Crippen LogP) is 3.32. The average Bonchev–Trinajstić information content (AvgIpc) is 3.04. The van der Waals surface area contributed by atoms with Crippen molar-refractivity contribution < 1.29 is 0 Å². The molecule has 29 heavy (non-hydrogen) atoms. The van der Waals surface area contributed by atoms with Crippen LogP contribution < -0.4 is 16.6 Å². The fraction of sp³-hybridized carbons (Fsp3) is 0.211. The van der Waals surface area contributed by atoms with Gasteiger partial charge in [0.25, 0.3) is 5.56 Å². The minimum Gasteiger partial charge on any atom is -0.368 e. The molecule has 0 saturated heterocycles. The number of nitrogens with zero attached hydrogens (tertiary/aromatic N) is 5. The summed E-state index contributed by atoms with van der Waals surface area (Å²) in [6.07, 6.45) is 0. The quantitative estimate of drug-likeness (QED) is 0.484. The van der Waals surface area contributed by atoms with Crippen molar-refractivity contribution in [2.24, 2.45) is 0 Å². The van der Waals surface area contributed by atoms with E-state index in [1.165, 1.54) is 16.9 Å². The highest BCUT2D eigenvalue weighted by Gasteiger charge is 2.09. The Bertz CT molecular complexity index is 1220. The van der Waals surface area contributed by atoms with Gasteiger partial charge in [-0.1, -0.05) is 17.7 Å². The molecule has 0 aliphatic rings. The summed E-state index contributed by atoms with van der Waals surface area (Å²) in [5.41, 5.74) is 9.47. The number of fused-ring (bicyclic) bond motifs is 1. The zero-order valence-corrected chi connectivity index (χ0v) is 17.5. The molecule has 4 rings (SSSR count). The molecular formula is C19H19N7OS2. The van der Waals surface area contributed by atoms with Gasteiger partial charge in [0.1, 0.15) is 5.82 Å². The van der Waals surface area contributed by atoms with Crippen LogP contribution in [0.15, 0.2) is 40.5 Å². The first-order valence-corrected chi connectivity index (χ1v) is 10.9. The van der Waals surface area contributed by atoms with Crippen LogP contribution in [-0.4, -0.2) is 24.3 Å². The number of thiazole rings is 1. The number of nitrogens with two attached hydrogens (primary N) is 1. The number of aromatic nitrogens is 5. The highest BCUT2D eigenvalue weighted by molar-refractivity contribution is 7.97. The lowest BCUT2D eigenvalue weighted by Crippen LogP contribution is -2.14. The van der Waals surface area contributed by atoms with Crippen LogP contribution in [-0.2, 0) is 11.5 Å². The Morgan fingerprint density at radius 1 is 1.10 bits per heavy atom. The lowest BCUT2D eigenvalue weighted by molar-refractivity contribution is 0.978. The summed E-state index contributed by atoms with van der Waals surface area (Å²) in [7, 11) is 0. The van der Waals surface area contributed by atoms with Crippen molar-refractivity contribution in [1.82, 2.24) is 24.3 Å². The van der Waals surface area contributed by atoms with Gasteiger partial charge in [-0.2, -0.15) is 15.0 Å². The molecule has 8 nitrogen and oxygen atoms in total. The lowest BCUT2D eigenvalue weighted by atomic mass is 10.2. The van der Waals surface area contributed by atoms with E-state index in [-0.39, 0.29) is 11.5 Å². The van der Waals surface area contributed by atoms with Gasteiger partial charge in [0, 0.05) is 28.6 Å². The van der Waals surface area contributed by atoms with Gasteiger partial charge in [0.2, 0.25) is 11.9 Å². The van der Waals surface area contributed by atoms with Crippen LogP contribution in [0, 0.1) is 13.8 Å². The second-order valence-electron chi connectivity index (χ2n) is 6.50. The summed E-state index contributed by atoms with van der Waals surface area (Å²) in [5.74, 6) is 2.25. The molecule has 0 unspecified atom stereocenters. The smallest absolute Gasteiger partial charge is 0.258 e. The number of benzene rings is 1. The van der Waals surface area contributed by atoms with Crippen LogP contribution in [0.3, 0.4) is 0 Å². The number of hydrogen-bond acceptors (Lipinski definition) is 9. The van der Waals surface area contributed by atoms with Gasteiger partial charge in [-0.05, 0) is 26.0 Å². The zero-order chi connectivity index (χ0) is 20.4. The van der Waals surface area contributed by atoms with Crippen LogP contribution in [0.4, 0.5) is 17.6 Å². The molecule has 0 aliphatic carbocycles. The maximum absolute atomic E-state index is 12.3. The number of nitrogens with one attached hydrogen (secondary N) is 1. The fourth-order valence-corrected chi connectivity index (χ4v) is 4.41. The Labute approximate surface area is 175 Å². The highest BCUT2D eigenvalue weighted by atomic mass is 32.2. The van der Waals surface area contributed by atoms with Crippen LogP contribution in [0.2, 0.25) is 0 Å². The van der Waals surface area contributed by atoms with Gasteiger partial charge in [0.05, 0.1) is 11.4 Å². The summed E-state index contributed by atoms with van der Waals surface area (Å²) in [4.78, 5) is 30.3. The molecule has 0 spiro atoms. The topological polar surface area (TPSA) is 111 Å². The minimum atomic E-state index is -0.0571. The van der Waals surface area contributed by atoms with E-state index in [4.69, 9.17) is 5.73 Å². The van der Waals surface area contributed by atoms with Crippen molar-refractivity contribution in [3.05, 3.63) is 68.8 Å². The molecule has 0 fully saturated rings. The lowest BCUT2D eigenvalue weighted by Gasteiger charge is -2.07. The van der Waals surface area contributed by atoms with Gasteiger partial charge in [-0.15, -0.1) is 23.1 Å². The molecule has 3 heterocycles. The Balaban J connectivity index is 1.44. The maximum atomic E-state index is 12.3. The molecule has 3 aromatic heterocycles. The summed E-state index contributed by atoms with van der Waals surface area (Å²) in [5, 5.41) is 5.07. The first kappa shape index (κ1) is 19.3. The third-order valence-corrected chi connectivity index (χ3v) is 6.02. The Kier molecular flexibility index (Phi) is 5.45. The van der Waals surface area contributed by atoms with E-state index < -0.39 is 0 Å². The summed E-state index contributed by atoms with van der Waals surface area (Å²) >= 11 is 3.03. The van der Waals surface area contributed by atoms with Crippen molar-refractivity contribution in [2.75, 3.05) is 11.1 Å². The summed E-state index contributed by atoms with van der Waals surface area (Å²) in [6, 6.07) is 9.49. The Hall–Kier alpha value is -2.98. The molecule has 0 amide bonds. The van der Waals surface area contributed by atoms with Gasteiger partial charge in [-0.3, -0.25) is 9.20 Å². The summed E-state index contributed by atoms with van der Waals surface area (Å²) in [6.45, 7) is 3.93. The van der Waals surface area contributed by atoms with E-state index in [2.05, 4.69) is 25.3 Å². The van der Waals surface area contributed by atoms with Gasteiger partial charge < -0.3 is 11.1 Å². The Morgan fingerprint density at radius 2 is 1.90 bits per heavy atom. The van der Waals surface area contributed by atoms with E-state index in [1.54, 1.807) is 22.2 Å². The molecule has 10 heteroatoms. The van der Waals surface area contributed by atoms with Crippen molar-refractivity contribution >= 4 is 45.6 Å². The number of nitrogen functional groups attached to an aromatic ring is 1. The molecule has 1 aromatic carbocycles. The standard InChI is InChI=1S/C19H19N7OS2/c1-11-3-5-13(6-4-11)21-18-24-15(23-17(20)25-18)10-28-9-14-7-16(27)26-12(2)8-29-19(26)22-14/h3-8H,9-10H2,1-2H3,(H3,20,21,23,24,25). The van der Waals surface area contributed by atoms with Crippen molar-refractivity contribution in [2.45, 2.75) is 25.4 Å². The summed E-state index contributed by atoms with van der Waals surface area (Å²) < 4.78 is 1.62. The second kappa shape index (κ2) is 8.18. The first-order chi connectivity index (χ1) is 14.0. The third kappa shape index (κ3) is 4.54. The Morgan fingerprint density at radius 3 is 2.69 bits per heavy atom. The SMILES string of the molecule is Cc1ccc(Nc2nc(N)nc(CSCc3cc(=O)n4c(C)csc4n3)n2)cc1. The van der Waals surface area contributed by atoms with Gasteiger partial charge in [-0.25, -0.2) is 4.98 Å². The van der Waals surface area contributed by atoms with Crippen LogP contribution >= 0.6 is 23.1 Å². The maximum Gasteiger partial charge on any atom is 0.258 e. The molecule has 148 valence electrons. The molecule has 3 N–H and O–H groups in total. The van der Waals surface area contributed by atoms with Gasteiger partial charge in [0.15, 0.2) is 4.96 Å². The van der Waals surface area contributed by atoms with E-state index >= 15 is 0 Å². The molecule has 0 saturated carbocycles. The third-order valence-electron chi connectivity index (χ3n) is 4.12. The fourth-order valence-electron chi connectivity index (χ4n) is 2.75. The van der Waals surface area contributed by atoms with Crippen LogP contribution in [0.5, 0.6) is 0 Å². The van der Waals surface area contributed by atoms with E-state index in [9.17, 15) is 4.79 Å². The van der Waals surface area contributed by atoms with Gasteiger partial charge >= 0.3 is 0 Å². The number of aryl methyl sites for hydroxylation is 2. The van der Waals surface area contributed by atoms with Crippen LogP contribution in [0.1, 0.15) is 22.8 Å².